The highest BCUT2D eigenvalue weighted by molar-refractivity contribution is 6.04. The van der Waals surface area contributed by atoms with Crippen LogP contribution >= 0.6 is 0 Å². The quantitative estimate of drug-likeness (QED) is 0.654. The fourth-order valence-corrected chi connectivity index (χ4v) is 1.82. The number of benzene rings is 1. The number of hydrogen-bond donors (Lipinski definition) is 2. The molecule has 0 aliphatic heterocycles. The van der Waals surface area contributed by atoms with Crippen molar-refractivity contribution >= 4 is 17.2 Å². The van der Waals surface area contributed by atoms with E-state index in [1.807, 2.05) is 37.3 Å². The fraction of sp³-hybridized carbons (Fsp3) is 0.143. The Balaban J connectivity index is 2.51. The van der Waals surface area contributed by atoms with Crippen LogP contribution in [0.15, 0.2) is 52.3 Å². The molecule has 2 rings (SSSR count). The summed E-state index contributed by atoms with van der Waals surface area (Å²) >= 11 is 0. The molecule has 0 amide bonds. The van der Waals surface area contributed by atoms with E-state index in [0.717, 1.165) is 5.69 Å². The van der Waals surface area contributed by atoms with Crippen LogP contribution in [0.1, 0.15) is 12.5 Å². The highest BCUT2D eigenvalue weighted by atomic mass is 16.5. The van der Waals surface area contributed by atoms with Gasteiger partial charge in [-0.1, -0.05) is 18.2 Å². The summed E-state index contributed by atoms with van der Waals surface area (Å²) in [5, 5.41) is 12.5. The molecule has 0 atom stereocenters. The van der Waals surface area contributed by atoms with Gasteiger partial charge in [0.1, 0.15) is 0 Å². The van der Waals surface area contributed by atoms with E-state index < -0.39 is 5.56 Å². The second-order valence-electron chi connectivity index (χ2n) is 4.03. The van der Waals surface area contributed by atoms with Crippen molar-refractivity contribution in [2.45, 2.75) is 6.92 Å². The number of nitrogens with zero attached hydrogens (tertiary/aromatic N) is 2. The number of aliphatic imine (C=N–C) groups is 1. The zero-order valence-electron chi connectivity index (χ0n) is 10.8. The van der Waals surface area contributed by atoms with Crippen LogP contribution < -0.4 is 10.9 Å². The van der Waals surface area contributed by atoms with Crippen molar-refractivity contribution in [3.8, 4) is 0 Å². The van der Waals surface area contributed by atoms with Gasteiger partial charge in [0.2, 0.25) is 0 Å². The normalized spacial score (nSPS) is 11.4. The Labute approximate surface area is 110 Å². The van der Waals surface area contributed by atoms with Gasteiger partial charge in [-0.2, -0.15) is 0 Å². The first-order chi connectivity index (χ1) is 9.13. The molecule has 2 aromatic rings. The van der Waals surface area contributed by atoms with Crippen molar-refractivity contribution < 1.29 is 5.21 Å². The van der Waals surface area contributed by atoms with E-state index in [-0.39, 0.29) is 0 Å². The van der Waals surface area contributed by atoms with E-state index in [1.54, 1.807) is 13.1 Å². The summed E-state index contributed by atoms with van der Waals surface area (Å²) in [6.45, 7) is 1.83. The van der Waals surface area contributed by atoms with Gasteiger partial charge in [-0.25, -0.2) is 0 Å². The van der Waals surface area contributed by atoms with Gasteiger partial charge in [0, 0.05) is 24.4 Å². The van der Waals surface area contributed by atoms with E-state index in [2.05, 4.69) is 10.3 Å². The lowest BCUT2D eigenvalue weighted by atomic mass is 10.1. The molecule has 0 radical (unpaired) electrons. The number of hydrogen-bond acceptors (Lipinski definition) is 4. The van der Waals surface area contributed by atoms with Crippen molar-refractivity contribution in [3.63, 3.8) is 0 Å². The van der Waals surface area contributed by atoms with Gasteiger partial charge in [0.05, 0.1) is 5.69 Å². The van der Waals surface area contributed by atoms with Crippen molar-refractivity contribution in [2.75, 3.05) is 12.4 Å². The molecule has 0 spiro atoms. The molecule has 0 fully saturated rings. The largest absolute Gasteiger partial charge is 0.423 e. The Morgan fingerprint density at radius 3 is 2.53 bits per heavy atom. The van der Waals surface area contributed by atoms with Crippen LogP contribution in [-0.4, -0.2) is 22.7 Å². The lowest BCUT2D eigenvalue weighted by Gasteiger charge is -2.11. The SMILES string of the molecule is CNc1c(C(C)=Nc2ccccc2)ccc(=O)n1O. The minimum absolute atomic E-state index is 0.324. The Bertz CT molecular complexity index is 660. The maximum absolute atomic E-state index is 11.4. The first-order valence-electron chi connectivity index (χ1n) is 5.87. The molecule has 1 aromatic heterocycles. The molecule has 0 aliphatic carbocycles. The third-order valence-corrected chi connectivity index (χ3v) is 2.75. The molecule has 0 unspecified atom stereocenters. The monoisotopic (exact) mass is 257 g/mol. The van der Waals surface area contributed by atoms with Crippen LogP contribution in [0, 0.1) is 0 Å². The maximum atomic E-state index is 11.4. The Morgan fingerprint density at radius 1 is 1.21 bits per heavy atom. The van der Waals surface area contributed by atoms with Gasteiger partial charge in [0.25, 0.3) is 5.56 Å². The first-order valence-corrected chi connectivity index (χ1v) is 5.87. The minimum atomic E-state index is -0.486. The molecular formula is C14H15N3O2. The standard InChI is InChI=1S/C14H15N3O2/c1-10(16-11-6-4-3-5-7-11)12-8-9-13(18)17(19)14(12)15-2/h3-9,15,19H,1-2H3. The highest BCUT2D eigenvalue weighted by Crippen LogP contribution is 2.17. The Kier molecular flexibility index (Phi) is 3.66. The van der Waals surface area contributed by atoms with E-state index in [0.29, 0.717) is 21.8 Å². The fourth-order valence-electron chi connectivity index (χ4n) is 1.82. The number of pyridine rings is 1. The third kappa shape index (κ3) is 2.65. The number of para-hydroxylation sites is 1. The molecule has 1 aromatic carbocycles. The topological polar surface area (TPSA) is 66.6 Å². The summed E-state index contributed by atoms with van der Waals surface area (Å²) in [4.78, 5) is 15.8. The maximum Gasteiger partial charge on any atom is 0.284 e. The van der Waals surface area contributed by atoms with Crippen molar-refractivity contribution in [1.82, 2.24) is 4.73 Å². The predicted octanol–water partition coefficient (Wildman–Crippen LogP) is 2.27. The van der Waals surface area contributed by atoms with Crippen LogP contribution in [0.25, 0.3) is 0 Å². The van der Waals surface area contributed by atoms with Crippen LogP contribution in [0.3, 0.4) is 0 Å². The van der Waals surface area contributed by atoms with Crippen LogP contribution in [0.2, 0.25) is 0 Å². The zero-order valence-corrected chi connectivity index (χ0v) is 10.8. The highest BCUT2D eigenvalue weighted by Gasteiger charge is 2.10. The Hall–Kier alpha value is -2.56. The number of nitrogens with one attached hydrogen (secondary N) is 1. The number of rotatable bonds is 3. The summed E-state index contributed by atoms with van der Waals surface area (Å²) in [5.41, 5.74) is 1.71. The molecule has 5 heteroatoms. The van der Waals surface area contributed by atoms with Crippen LogP contribution in [0.5, 0.6) is 0 Å². The van der Waals surface area contributed by atoms with E-state index in [1.165, 1.54) is 6.07 Å². The van der Waals surface area contributed by atoms with Crippen molar-refractivity contribution in [1.29, 1.82) is 0 Å². The Morgan fingerprint density at radius 2 is 1.89 bits per heavy atom. The van der Waals surface area contributed by atoms with Crippen molar-refractivity contribution in [3.05, 3.63) is 58.4 Å². The van der Waals surface area contributed by atoms with Crippen molar-refractivity contribution in [2.24, 2.45) is 4.99 Å². The molecule has 0 bridgehead atoms. The van der Waals surface area contributed by atoms with Gasteiger partial charge in [-0.15, -0.1) is 4.73 Å². The molecule has 0 aliphatic rings. The molecule has 5 nitrogen and oxygen atoms in total. The summed E-state index contributed by atoms with van der Waals surface area (Å²) in [5.74, 6) is 0.324. The average Bonchev–Trinajstić information content (AvgIpc) is 2.42. The van der Waals surface area contributed by atoms with E-state index in [4.69, 9.17) is 0 Å². The van der Waals surface area contributed by atoms with E-state index >= 15 is 0 Å². The third-order valence-electron chi connectivity index (χ3n) is 2.75. The minimum Gasteiger partial charge on any atom is -0.423 e. The molecular weight excluding hydrogens is 242 g/mol. The average molecular weight is 257 g/mol. The molecule has 0 saturated carbocycles. The van der Waals surface area contributed by atoms with Crippen LogP contribution in [0.4, 0.5) is 11.5 Å². The summed E-state index contributed by atoms with van der Waals surface area (Å²) < 4.78 is 0.583. The molecule has 0 saturated heterocycles. The summed E-state index contributed by atoms with van der Waals surface area (Å²) in [7, 11) is 1.64. The van der Waals surface area contributed by atoms with Gasteiger partial charge in [-0.05, 0) is 25.1 Å². The predicted molar refractivity (Wildman–Crippen MR) is 75.7 cm³/mol. The van der Waals surface area contributed by atoms with E-state index in [9.17, 15) is 10.0 Å². The molecule has 1 heterocycles. The molecule has 19 heavy (non-hydrogen) atoms. The van der Waals surface area contributed by atoms with Gasteiger partial charge >= 0.3 is 0 Å². The number of anilines is 1. The molecule has 2 N–H and O–H groups in total. The second-order valence-corrected chi connectivity index (χ2v) is 4.03. The van der Waals surface area contributed by atoms with Gasteiger partial charge in [0.15, 0.2) is 5.82 Å². The second kappa shape index (κ2) is 5.39. The smallest absolute Gasteiger partial charge is 0.284 e. The summed E-state index contributed by atoms with van der Waals surface area (Å²) in [6.07, 6.45) is 0. The molecule has 98 valence electrons. The van der Waals surface area contributed by atoms with Gasteiger partial charge < -0.3 is 10.5 Å². The summed E-state index contributed by atoms with van der Waals surface area (Å²) in [6, 6.07) is 12.4. The first kappa shape index (κ1) is 12.9. The number of aromatic nitrogens is 1. The van der Waals surface area contributed by atoms with Crippen LogP contribution in [-0.2, 0) is 0 Å². The zero-order chi connectivity index (χ0) is 13.8. The lowest BCUT2D eigenvalue weighted by Crippen LogP contribution is -2.22. The lowest BCUT2D eigenvalue weighted by molar-refractivity contribution is 0.180. The van der Waals surface area contributed by atoms with Gasteiger partial charge in [-0.3, -0.25) is 9.79 Å².